The van der Waals surface area contributed by atoms with Crippen LogP contribution >= 0.6 is 0 Å². The summed E-state index contributed by atoms with van der Waals surface area (Å²) in [5.41, 5.74) is 1.68. The molecule has 4 nitrogen and oxygen atoms in total. The number of Topliss-reactive ketones (excluding diaryl/α,β-unsaturated/α-hetero) is 1. The first kappa shape index (κ1) is 11.4. The van der Waals surface area contributed by atoms with Crippen LogP contribution in [-0.2, 0) is 7.05 Å². The molecule has 0 radical (unpaired) electrons. The first-order chi connectivity index (χ1) is 8.19. The molecule has 0 saturated carbocycles. The van der Waals surface area contributed by atoms with E-state index in [1.54, 1.807) is 4.68 Å². The van der Waals surface area contributed by atoms with E-state index in [9.17, 15) is 4.79 Å². The van der Waals surface area contributed by atoms with Gasteiger partial charge >= 0.3 is 0 Å². The number of hydrogen-bond acceptors (Lipinski definition) is 3. The van der Waals surface area contributed by atoms with Crippen molar-refractivity contribution in [1.82, 2.24) is 9.78 Å². The molecule has 1 heterocycles. The molecule has 17 heavy (non-hydrogen) atoms. The monoisotopic (exact) mass is 229 g/mol. The Bertz CT molecular complexity index is 514. The van der Waals surface area contributed by atoms with Crippen molar-refractivity contribution in [2.24, 2.45) is 7.05 Å². The number of ketones is 1. The summed E-state index contributed by atoms with van der Waals surface area (Å²) in [7, 11) is 1.87. The van der Waals surface area contributed by atoms with Crippen LogP contribution in [0.4, 0.5) is 11.5 Å². The molecule has 4 heteroatoms. The highest BCUT2D eigenvalue weighted by atomic mass is 16.1. The zero-order valence-corrected chi connectivity index (χ0v) is 9.97. The van der Waals surface area contributed by atoms with Gasteiger partial charge in [0.1, 0.15) is 0 Å². The smallest absolute Gasteiger partial charge is 0.162 e. The van der Waals surface area contributed by atoms with E-state index >= 15 is 0 Å². The molecule has 0 aliphatic rings. The van der Waals surface area contributed by atoms with Crippen LogP contribution in [0.3, 0.4) is 0 Å². The quantitative estimate of drug-likeness (QED) is 0.820. The molecule has 0 spiro atoms. The average molecular weight is 229 g/mol. The van der Waals surface area contributed by atoms with Crippen LogP contribution in [-0.4, -0.2) is 15.6 Å². The predicted molar refractivity (Wildman–Crippen MR) is 67.6 cm³/mol. The third-order valence-electron chi connectivity index (χ3n) is 2.51. The van der Waals surface area contributed by atoms with Gasteiger partial charge in [0.25, 0.3) is 0 Å². The molecular formula is C13H15N3O. The molecule has 0 unspecified atom stereocenters. The fourth-order valence-electron chi connectivity index (χ4n) is 1.57. The standard InChI is InChI=1S/C13H15N3O/c1-3-12(17)10-4-6-11(7-5-10)14-13-8-9-16(2)15-13/h4-9H,3H2,1-2H3,(H,14,15). The lowest BCUT2D eigenvalue weighted by atomic mass is 10.1. The van der Waals surface area contributed by atoms with E-state index < -0.39 is 0 Å². The van der Waals surface area contributed by atoms with Gasteiger partial charge in [-0.2, -0.15) is 5.10 Å². The van der Waals surface area contributed by atoms with E-state index in [2.05, 4.69) is 10.4 Å². The summed E-state index contributed by atoms with van der Waals surface area (Å²) < 4.78 is 1.73. The number of aryl methyl sites for hydroxylation is 1. The van der Waals surface area contributed by atoms with Gasteiger partial charge in [-0.1, -0.05) is 6.92 Å². The van der Waals surface area contributed by atoms with Gasteiger partial charge in [0.15, 0.2) is 11.6 Å². The Kier molecular flexibility index (Phi) is 3.23. The zero-order valence-electron chi connectivity index (χ0n) is 9.97. The number of nitrogens with zero attached hydrogens (tertiary/aromatic N) is 2. The summed E-state index contributed by atoms with van der Waals surface area (Å²) in [4.78, 5) is 11.5. The molecule has 1 aromatic carbocycles. The first-order valence-corrected chi connectivity index (χ1v) is 5.59. The van der Waals surface area contributed by atoms with Gasteiger partial charge in [0.2, 0.25) is 0 Å². The number of carbonyl (C=O) groups excluding carboxylic acids is 1. The lowest BCUT2D eigenvalue weighted by molar-refractivity contribution is 0.0988. The van der Waals surface area contributed by atoms with E-state index in [1.807, 2.05) is 50.5 Å². The van der Waals surface area contributed by atoms with Crippen LogP contribution in [0, 0.1) is 0 Å². The number of aromatic nitrogens is 2. The van der Waals surface area contributed by atoms with Crippen molar-refractivity contribution in [2.45, 2.75) is 13.3 Å². The van der Waals surface area contributed by atoms with Crippen molar-refractivity contribution >= 4 is 17.3 Å². The van der Waals surface area contributed by atoms with Crippen molar-refractivity contribution in [2.75, 3.05) is 5.32 Å². The third kappa shape index (κ3) is 2.72. The maximum Gasteiger partial charge on any atom is 0.162 e. The lowest BCUT2D eigenvalue weighted by Crippen LogP contribution is -1.97. The van der Waals surface area contributed by atoms with E-state index in [0.29, 0.717) is 6.42 Å². The van der Waals surface area contributed by atoms with Gasteiger partial charge in [0.05, 0.1) is 0 Å². The Labute approximate surface area is 100 Å². The van der Waals surface area contributed by atoms with Gasteiger partial charge in [-0.05, 0) is 24.3 Å². The molecule has 0 atom stereocenters. The second-order valence-electron chi connectivity index (χ2n) is 3.85. The molecule has 88 valence electrons. The molecule has 0 saturated heterocycles. The number of anilines is 2. The van der Waals surface area contributed by atoms with Crippen LogP contribution in [0.5, 0.6) is 0 Å². The topological polar surface area (TPSA) is 46.9 Å². The molecule has 0 aliphatic heterocycles. The highest BCUT2D eigenvalue weighted by Gasteiger charge is 2.03. The first-order valence-electron chi connectivity index (χ1n) is 5.59. The fourth-order valence-corrected chi connectivity index (χ4v) is 1.57. The molecule has 0 fully saturated rings. The average Bonchev–Trinajstić information content (AvgIpc) is 2.75. The lowest BCUT2D eigenvalue weighted by Gasteiger charge is -2.03. The third-order valence-corrected chi connectivity index (χ3v) is 2.51. The number of nitrogens with one attached hydrogen (secondary N) is 1. The van der Waals surface area contributed by atoms with Crippen LogP contribution in [0.1, 0.15) is 23.7 Å². The molecule has 0 bridgehead atoms. The zero-order chi connectivity index (χ0) is 12.3. The summed E-state index contributed by atoms with van der Waals surface area (Å²) >= 11 is 0. The Morgan fingerprint density at radius 1 is 1.29 bits per heavy atom. The fraction of sp³-hybridized carbons (Fsp3) is 0.231. The number of benzene rings is 1. The minimum Gasteiger partial charge on any atom is -0.339 e. The Balaban J connectivity index is 2.10. The molecule has 0 amide bonds. The van der Waals surface area contributed by atoms with Crippen LogP contribution in [0.2, 0.25) is 0 Å². The molecule has 2 aromatic rings. The van der Waals surface area contributed by atoms with Crippen LogP contribution < -0.4 is 5.32 Å². The maximum atomic E-state index is 11.5. The normalized spacial score (nSPS) is 10.2. The minimum absolute atomic E-state index is 0.161. The summed E-state index contributed by atoms with van der Waals surface area (Å²) in [6, 6.07) is 9.33. The maximum absolute atomic E-state index is 11.5. The van der Waals surface area contributed by atoms with Crippen molar-refractivity contribution in [3.8, 4) is 0 Å². The Morgan fingerprint density at radius 2 is 2.00 bits per heavy atom. The Morgan fingerprint density at radius 3 is 2.53 bits per heavy atom. The Hall–Kier alpha value is -2.10. The van der Waals surface area contributed by atoms with E-state index in [4.69, 9.17) is 0 Å². The van der Waals surface area contributed by atoms with Gasteiger partial charge in [0, 0.05) is 37.0 Å². The van der Waals surface area contributed by atoms with Crippen molar-refractivity contribution in [3.63, 3.8) is 0 Å². The van der Waals surface area contributed by atoms with E-state index in [0.717, 1.165) is 17.1 Å². The molecule has 1 aromatic heterocycles. The van der Waals surface area contributed by atoms with Crippen LogP contribution in [0.25, 0.3) is 0 Å². The second kappa shape index (κ2) is 4.82. The van der Waals surface area contributed by atoms with E-state index in [1.165, 1.54) is 0 Å². The van der Waals surface area contributed by atoms with Crippen LogP contribution in [0.15, 0.2) is 36.5 Å². The summed E-state index contributed by atoms with van der Waals surface area (Å²) in [6.45, 7) is 1.86. The predicted octanol–water partition coefficient (Wildman–Crippen LogP) is 2.76. The molecule has 2 rings (SSSR count). The van der Waals surface area contributed by atoms with Gasteiger partial charge in [-0.3, -0.25) is 9.48 Å². The number of hydrogen-bond donors (Lipinski definition) is 1. The number of rotatable bonds is 4. The molecule has 0 aliphatic carbocycles. The minimum atomic E-state index is 0.161. The largest absolute Gasteiger partial charge is 0.339 e. The van der Waals surface area contributed by atoms with Gasteiger partial charge in [-0.25, -0.2) is 0 Å². The summed E-state index contributed by atoms with van der Waals surface area (Å²) in [5.74, 6) is 0.955. The highest BCUT2D eigenvalue weighted by Crippen LogP contribution is 2.15. The van der Waals surface area contributed by atoms with Gasteiger partial charge in [-0.15, -0.1) is 0 Å². The number of carbonyl (C=O) groups is 1. The van der Waals surface area contributed by atoms with Crippen molar-refractivity contribution in [1.29, 1.82) is 0 Å². The molecule has 1 N–H and O–H groups in total. The van der Waals surface area contributed by atoms with Crippen molar-refractivity contribution < 1.29 is 4.79 Å². The highest BCUT2D eigenvalue weighted by molar-refractivity contribution is 5.96. The summed E-state index contributed by atoms with van der Waals surface area (Å²) in [6.07, 6.45) is 2.41. The van der Waals surface area contributed by atoms with Crippen molar-refractivity contribution in [3.05, 3.63) is 42.1 Å². The molecular weight excluding hydrogens is 214 g/mol. The van der Waals surface area contributed by atoms with E-state index in [-0.39, 0.29) is 5.78 Å². The van der Waals surface area contributed by atoms with Gasteiger partial charge < -0.3 is 5.32 Å². The summed E-state index contributed by atoms with van der Waals surface area (Å²) in [5, 5.41) is 7.38. The second-order valence-corrected chi connectivity index (χ2v) is 3.85. The SMILES string of the molecule is CCC(=O)c1ccc(Nc2ccn(C)n2)cc1.